The van der Waals surface area contributed by atoms with Crippen LogP contribution in [0, 0.1) is 0 Å². The van der Waals surface area contributed by atoms with Crippen LogP contribution in [-0.4, -0.2) is 0 Å². The predicted molar refractivity (Wildman–Crippen MR) is 80.5 cm³/mol. The normalized spacial score (nSPS) is 16.4. The molecule has 0 aromatic heterocycles. The lowest BCUT2D eigenvalue weighted by Gasteiger charge is -2.05. The van der Waals surface area contributed by atoms with E-state index in [1.54, 1.807) is 5.31 Å². The lowest BCUT2D eigenvalue weighted by atomic mass is 10.1. The van der Waals surface area contributed by atoms with Gasteiger partial charge in [0.05, 0.1) is 13.7 Å². The van der Waals surface area contributed by atoms with Crippen LogP contribution in [0.4, 0.5) is 0 Å². The van der Waals surface area contributed by atoms with Gasteiger partial charge in [0.1, 0.15) is 0 Å². The zero-order chi connectivity index (χ0) is 12.3. The Labute approximate surface area is 110 Å². The molecule has 0 saturated heterocycles. The second-order valence-electron chi connectivity index (χ2n) is 4.80. The summed E-state index contributed by atoms with van der Waals surface area (Å²) in [7, 11) is 2.75. The summed E-state index contributed by atoms with van der Waals surface area (Å²) >= 11 is 0. The first-order valence-electron chi connectivity index (χ1n) is 7.22. The number of hydrogen-bond acceptors (Lipinski definition) is 0. The minimum atomic E-state index is 1.24. The SMILES string of the molecule is CCCCCCC1=C(CCCCCC)P=P[N]1. The molecule has 1 aliphatic heterocycles. The van der Waals surface area contributed by atoms with E-state index in [0.29, 0.717) is 0 Å². The largest absolute Gasteiger partial charge is 0.227 e. The molecule has 0 amide bonds. The van der Waals surface area contributed by atoms with Gasteiger partial charge < -0.3 is 0 Å². The van der Waals surface area contributed by atoms with Crippen LogP contribution in [0.5, 0.6) is 0 Å². The Kier molecular flexibility index (Phi) is 9.03. The third-order valence-corrected chi connectivity index (χ3v) is 5.60. The summed E-state index contributed by atoms with van der Waals surface area (Å²) in [5.74, 6) is 0. The van der Waals surface area contributed by atoms with Crippen molar-refractivity contribution < 1.29 is 0 Å². The molecule has 0 bridgehead atoms. The zero-order valence-corrected chi connectivity index (χ0v) is 13.2. The van der Waals surface area contributed by atoms with E-state index in [0.717, 1.165) is 0 Å². The number of rotatable bonds is 10. The maximum atomic E-state index is 4.65. The molecule has 0 N–H and O–H groups in total. The van der Waals surface area contributed by atoms with Gasteiger partial charge in [-0.25, -0.2) is 5.09 Å². The lowest BCUT2D eigenvalue weighted by Crippen LogP contribution is -1.93. The zero-order valence-electron chi connectivity index (χ0n) is 11.4. The van der Waals surface area contributed by atoms with Gasteiger partial charge in [-0.2, -0.15) is 0 Å². The summed E-state index contributed by atoms with van der Waals surface area (Å²) in [5.41, 5.74) is 1.46. The van der Waals surface area contributed by atoms with Crippen molar-refractivity contribution in [2.24, 2.45) is 0 Å². The molecule has 0 atom stereocenters. The Hall–Kier alpha value is 0.140. The molecule has 1 nitrogen and oxygen atoms in total. The van der Waals surface area contributed by atoms with Crippen LogP contribution in [0.1, 0.15) is 78.1 Å². The molecule has 1 heterocycles. The topological polar surface area (TPSA) is 14.1 Å². The van der Waals surface area contributed by atoms with Crippen molar-refractivity contribution in [1.82, 2.24) is 5.09 Å². The van der Waals surface area contributed by atoms with Gasteiger partial charge in [-0.1, -0.05) is 52.4 Å². The Morgan fingerprint density at radius 1 is 0.824 bits per heavy atom. The van der Waals surface area contributed by atoms with Gasteiger partial charge in [0.15, 0.2) is 0 Å². The molecular formula is C14H26NP2. The summed E-state index contributed by atoms with van der Waals surface area (Å²) in [6.45, 7) is 4.55. The fraction of sp³-hybridized carbons (Fsp3) is 0.857. The standard InChI is InChI=1S/C14H26NP2/c1-3-5-7-9-11-13-14(16-17-15-13)12-10-8-6-4-2/h3-12H2,1-2H3. The van der Waals surface area contributed by atoms with Crippen LogP contribution in [0.2, 0.25) is 0 Å². The van der Waals surface area contributed by atoms with E-state index in [4.69, 9.17) is 0 Å². The van der Waals surface area contributed by atoms with Crippen molar-refractivity contribution in [2.45, 2.75) is 78.1 Å². The molecule has 0 aromatic rings. The minimum absolute atomic E-state index is 1.24. The van der Waals surface area contributed by atoms with E-state index in [-0.39, 0.29) is 0 Å². The van der Waals surface area contributed by atoms with E-state index in [1.165, 1.54) is 85.8 Å². The van der Waals surface area contributed by atoms with Crippen LogP contribution in [0.15, 0.2) is 11.0 Å². The highest BCUT2D eigenvalue weighted by Crippen LogP contribution is 2.39. The van der Waals surface area contributed by atoms with Crippen molar-refractivity contribution in [1.29, 1.82) is 0 Å². The Morgan fingerprint density at radius 2 is 1.47 bits per heavy atom. The first-order valence-corrected chi connectivity index (χ1v) is 9.67. The van der Waals surface area contributed by atoms with Gasteiger partial charge in [0, 0.05) is 5.31 Å². The molecule has 0 aromatic carbocycles. The van der Waals surface area contributed by atoms with Crippen LogP contribution in [-0.2, 0) is 0 Å². The average molecular weight is 270 g/mol. The molecule has 1 rings (SSSR count). The number of hydrogen-bond donors (Lipinski definition) is 0. The van der Waals surface area contributed by atoms with Gasteiger partial charge in [-0.05, 0) is 33.6 Å². The Balaban J connectivity index is 2.20. The van der Waals surface area contributed by atoms with Gasteiger partial charge in [0.25, 0.3) is 0 Å². The molecule has 0 aliphatic carbocycles. The smallest absolute Gasteiger partial charge is 0.0699 e. The fourth-order valence-electron chi connectivity index (χ4n) is 2.07. The third-order valence-electron chi connectivity index (χ3n) is 3.20. The second-order valence-corrected chi connectivity index (χ2v) is 7.06. The number of nitrogens with zero attached hydrogens (tertiary/aromatic N) is 1. The van der Waals surface area contributed by atoms with E-state index in [9.17, 15) is 0 Å². The molecule has 0 saturated carbocycles. The first-order chi connectivity index (χ1) is 8.38. The quantitative estimate of drug-likeness (QED) is 0.318. The molecule has 0 unspecified atom stereocenters. The molecule has 3 heteroatoms. The van der Waals surface area contributed by atoms with E-state index >= 15 is 0 Å². The van der Waals surface area contributed by atoms with E-state index < -0.39 is 0 Å². The highest BCUT2D eigenvalue weighted by Gasteiger charge is 2.11. The molecule has 97 valence electrons. The summed E-state index contributed by atoms with van der Waals surface area (Å²) in [6.07, 6.45) is 13.5. The molecular weight excluding hydrogens is 244 g/mol. The summed E-state index contributed by atoms with van der Waals surface area (Å²) < 4.78 is 0. The van der Waals surface area contributed by atoms with Crippen molar-refractivity contribution in [3.8, 4) is 0 Å². The predicted octanol–water partition coefficient (Wildman–Crippen LogP) is 6.48. The van der Waals surface area contributed by atoms with Crippen molar-refractivity contribution in [3.63, 3.8) is 0 Å². The van der Waals surface area contributed by atoms with Gasteiger partial charge in [0.2, 0.25) is 0 Å². The molecule has 0 spiro atoms. The van der Waals surface area contributed by atoms with E-state index in [1.807, 2.05) is 0 Å². The highest BCUT2D eigenvalue weighted by molar-refractivity contribution is 7.85. The monoisotopic (exact) mass is 270 g/mol. The third kappa shape index (κ3) is 6.58. The minimum Gasteiger partial charge on any atom is -0.227 e. The second kappa shape index (κ2) is 10.1. The summed E-state index contributed by atoms with van der Waals surface area (Å²) in [4.78, 5) is 0. The van der Waals surface area contributed by atoms with Gasteiger partial charge >= 0.3 is 0 Å². The first kappa shape index (κ1) is 15.2. The van der Waals surface area contributed by atoms with Crippen LogP contribution < -0.4 is 5.09 Å². The Bertz CT molecular complexity index is 259. The van der Waals surface area contributed by atoms with Gasteiger partial charge in [-0.3, -0.25) is 0 Å². The maximum absolute atomic E-state index is 4.65. The number of unbranched alkanes of at least 4 members (excludes halogenated alkanes) is 6. The van der Waals surface area contributed by atoms with E-state index in [2.05, 4.69) is 18.9 Å². The van der Waals surface area contributed by atoms with Crippen molar-refractivity contribution in [2.75, 3.05) is 0 Å². The van der Waals surface area contributed by atoms with Crippen LogP contribution >= 0.6 is 15.9 Å². The number of allylic oxidation sites excluding steroid dienone is 2. The average Bonchev–Trinajstić information content (AvgIpc) is 2.78. The summed E-state index contributed by atoms with van der Waals surface area (Å²) in [5, 5.41) is 6.31. The van der Waals surface area contributed by atoms with Crippen molar-refractivity contribution in [3.05, 3.63) is 11.0 Å². The maximum Gasteiger partial charge on any atom is 0.0699 e. The van der Waals surface area contributed by atoms with Crippen LogP contribution in [0.25, 0.3) is 0 Å². The summed E-state index contributed by atoms with van der Waals surface area (Å²) in [6, 6.07) is 0. The lowest BCUT2D eigenvalue weighted by molar-refractivity contribution is 0.647. The Morgan fingerprint density at radius 3 is 2.12 bits per heavy atom. The molecule has 1 aliphatic rings. The van der Waals surface area contributed by atoms with Crippen LogP contribution in [0.3, 0.4) is 0 Å². The molecule has 17 heavy (non-hydrogen) atoms. The molecule has 0 fully saturated rings. The van der Waals surface area contributed by atoms with Crippen molar-refractivity contribution >= 4 is 15.9 Å². The van der Waals surface area contributed by atoms with Gasteiger partial charge in [-0.15, -0.1) is 0 Å². The fourth-order valence-corrected chi connectivity index (χ4v) is 4.60. The highest BCUT2D eigenvalue weighted by atomic mass is 31.7. The molecule has 1 radical (unpaired) electrons.